The molecule has 0 spiro atoms. The van der Waals surface area contributed by atoms with Crippen LogP contribution in [0.4, 0.5) is 4.39 Å². The average molecular weight is 244 g/mol. The van der Waals surface area contributed by atoms with Crippen LogP contribution < -0.4 is 4.74 Å². The van der Waals surface area contributed by atoms with E-state index >= 15 is 0 Å². The van der Waals surface area contributed by atoms with Gasteiger partial charge in [-0.15, -0.1) is 0 Å². The van der Waals surface area contributed by atoms with Crippen LogP contribution in [0.2, 0.25) is 0 Å². The van der Waals surface area contributed by atoms with Crippen molar-refractivity contribution in [2.75, 3.05) is 13.2 Å². The number of rotatable bonds is 6. The summed E-state index contributed by atoms with van der Waals surface area (Å²) in [5.41, 5.74) is 0.231. The molecule has 0 saturated heterocycles. The van der Waals surface area contributed by atoms with Gasteiger partial charge < -0.3 is 20.1 Å². The number of halogens is 1. The van der Waals surface area contributed by atoms with E-state index in [1.54, 1.807) is 6.92 Å². The van der Waals surface area contributed by atoms with E-state index in [1.165, 1.54) is 12.1 Å². The lowest BCUT2D eigenvalue weighted by Crippen LogP contribution is -2.19. The molecular weight excluding hydrogens is 227 g/mol. The molecule has 96 valence electrons. The first-order chi connectivity index (χ1) is 8.08. The second-order valence-corrected chi connectivity index (χ2v) is 3.68. The topological polar surface area (TPSA) is 69.9 Å². The standard InChI is InChI=1S/C12H17FO4/c1-2-17-10-6-8(5-9(13)7-10)12(16)11(15)3-4-14/h5-7,11-12,14-16H,2-4H2,1H3. The van der Waals surface area contributed by atoms with Gasteiger partial charge in [-0.3, -0.25) is 0 Å². The fraction of sp³-hybridized carbons (Fsp3) is 0.500. The summed E-state index contributed by atoms with van der Waals surface area (Å²) in [5.74, 6) is -0.237. The minimum atomic E-state index is -1.24. The number of benzene rings is 1. The lowest BCUT2D eigenvalue weighted by atomic mass is 10.0. The second-order valence-electron chi connectivity index (χ2n) is 3.68. The number of aliphatic hydroxyl groups is 3. The fourth-order valence-electron chi connectivity index (χ4n) is 1.52. The largest absolute Gasteiger partial charge is 0.494 e. The molecule has 1 rings (SSSR count). The first-order valence-electron chi connectivity index (χ1n) is 5.48. The summed E-state index contributed by atoms with van der Waals surface area (Å²) in [6, 6.07) is 3.81. The second kappa shape index (κ2) is 6.54. The van der Waals surface area contributed by atoms with Crippen LogP contribution in [0, 0.1) is 5.82 Å². The normalized spacial score (nSPS) is 14.4. The Hall–Kier alpha value is -1.17. The van der Waals surface area contributed by atoms with E-state index in [1.807, 2.05) is 0 Å². The Morgan fingerprint density at radius 2 is 2.00 bits per heavy atom. The number of aliphatic hydroxyl groups excluding tert-OH is 3. The Morgan fingerprint density at radius 1 is 1.29 bits per heavy atom. The fourth-order valence-corrected chi connectivity index (χ4v) is 1.52. The molecule has 17 heavy (non-hydrogen) atoms. The van der Waals surface area contributed by atoms with Crippen LogP contribution in [0.25, 0.3) is 0 Å². The van der Waals surface area contributed by atoms with Gasteiger partial charge in [-0.2, -0.15) is 0 Å². The Morgan fingerprint density at radius 3 is 2.59 bits per heavy atom. The van der Waals surface area contributed by atoms with Gasteiger partial charge in [0.25, 0.3) is 0 Å². The molecule has 2 unspecified atom stereocenters. The monoisotopic (exact) mass is 244 g/mol. The highest BCUT2D eigenvalue weighted by molar-refractivity contribution is 5.31. The van der Waals surface area contributed by atoms with Crippen molar-refractivity contribution in [3.05, 3.63) is 29.6 Å². The number of ether oxygens (including phenoxy) is 1. The Labute approximate surface area is 99.3 Å². The van der Waals surface area contributed by atoms with Gasteiger partial charge in [0.05, 0.1) is 12.7 Å². The molecule has 0 heterocycles. The highest BCUT2D eigenvalue weighted by Crippen LogP contribution is 2.24. The molecule has 0 bridgehead atoms. The van der Waals surface area contributed by atoms with Crippen molar-refractivity contribution in [2.24, 2.45) is 0 Å². The predicted octanol–water partition coefficient (Wildman–Crippen LogP) is 1.00. The van der Waals surface area contributed by atoms with Gasteiger partial charge in [0.2, 0.25) is 0 Å². The van der Waals surface area contributed by atoms with Crippen molar-refractivity contribution >= 4 is 0 Å². The van der Waals surface area contributed by atoms with E-state index in [-0.39, 0.29) is 18.6 Å². The highest BCUT2D eigenvalue weighted by Gasteiger charge is 2.19. The number of hydrogen-bond acceptors (Lipinski definition) is 4. The molecule has 0 aromatic heterocycles. The van der Waals surface area contributed by atoms with Gasteiger partial charge in [-0.1, -0.05) is 0 Å². The molecule has 2 atom stereocenters. The van der Waals surface area contributed by atoms with Gasteiger partial charge in [0.15, 0.2) is 0 Å². The van der Waals surface area contributed by atoms with E-state index in [9.17, 15) is 14.6 Å². The summed E-state index contributed by atoms with van der Waals surface area (Å²) >= 11 is 0. The lowest BCUT2D eigenvalue weighted by molar-refractivity contribution is 0.00397. The van der Waals surface area contributed by atoms with Crippen LogP contribution in [0.1, 0.15) is 25.0 Å². The molecule has 0 aliphatic heterocycles. The molecule has 0 aliphatic rings. The maximum Gasteiger partial charge on any atom is 0.127 e. The lowest BCUT2D eigenvalue weighted by Gasteiger charge is -2.18. The summed E-state index contributed by atoms with van der Waals surface area (Å²) in [4.78, 5) is 0. The van der Waals surface area contributed by atoms with E-state index in [0.29, 0.717) is 12.4 Å². The average Bonchev–Trinajstić information content (AvgIpc) is 2.28. The Balaban J connectivity index is 2.88. The van der Waals surface area contributed by atoms with E-state index in [0.717, 1.165) is 6.07 Å². The molecule has 0 fully saturated rings. The third kappa shape index (κ3) is 3.96. The molecule has 1 aromatic rings. The molecular formula is C12H17FO4. The zero-order valence-corrected chi connectivity index (χ0v) is 9.64. The smallest absolute Gasteiger partial charge is 0.127 e. The van der Waals surface area contributed by atoms with Crippen LogP contribution in [0.3, 0.4) is 0 Å². The van der Waals surface area contributed by atoms with Crippen molar-refractivity contribution < 1.29 is 24.4 Å². The minimum Gasteiger partial charge on any atom is -0.494 e. The minimum absolute atomic E-state index is 0.0294. The van der Waals surface area contributed by atoms with Crippen LogP contribution in [-0.4, -0.2) is 34.6 Å². The van der Waals surface area contributed by atoms with E-state index in [4.69, 9.17) is 9.84 Å². The zero-order valence-electron chi connectivity index (χ0n) is 9.64. The maximum absolute atomic E-state index is 13.2. The Kier molecular flexibility index (Phi) is 5.34. The van der Waals surface area contributed by atoms with Crippen LogP contribution in [0.5, 0.6) is 5.75 Å². The van der Waals surface area contributed by atoms with Gasteiger partial charge >= 0.3 is 0 Å². The SMILES string of the molecule is CCOc1cc(F)cc(C(O)C(O)CCO)c1. The predicted molar refractivity (Wildman–Crippen MR) is 60.2 cm³/mol. The Bertz CT molecular complexity index is 356. The first kappa shape index (κ1) is 13.9. The van der Waals surface area contributed by atoms with Gasteiger partial charge in [0.1, 0.15) is 17.7 Å². The highest BCUT2D eigenvalue weighted by atomic mass is 19.1. The quantitative estimate of drug-likeness (QED) is 0.698. The summed E-state index contributed by atoms with van der Waals surface area (Å²) in [6.07, 6.45) is -2.34. The molecule has 0 amide bonds. The molecule has 0 radical (unpaired) electrons. The van der Waals surface area contributed by atoms with Crippen LogP contribution in [0.15, 0.2) is 18.2 Å². The maximum atomic E-state index is 13.2. The van der Waals surface area contributed by atoms with Gasteiger partial charge in [0, 0.05) is 12.7 Å². The molecule has 0 aliphatic carbocycles. The van der Waals surface area contributed by atoms with Crippen molar-refractivity contribution in [3.63, 3.8) is 0 Å². The van der Waals surface area contributed by atoms with Crippen molar-refractivity contribution in [2.45, 2.75) is 25.6 Å². The summed E-state index contributed by atoms with van der Waals surface area (Å²) < 4.78 is 18.4. The first-order valence-corrected chi connectivity index (χ1v) is 5.48. The molecule has 1 aromatic carbocycles. The molecule has 0 saturated carbocycles. The van der Waals surface area contributed by atoms with Crippen LogP contribution in [-0.2, 0) is 0 Å². The van der Waals surface area contributed by atoms with Crippen molar-refractivity contribution in [3.8, 4) is 5.75 Å². The molecule has 4 nitrogen and oxygen atoms in total. The third-order valence-electron chi connectivity index (χ3n) is 2.34. The van der Waals surface area contributed by atoms with Crippen molar-refractivity contribution in [1.29, 1.82) is 0 Å². The van der Waals surface area contributed by atoms with Gasteiger partial charge in [-0.05, 0) is 31.0 Å². The van der Waals surface area contributed by atoms with Crippen molar-refractivity contribution in [1.82, 2.24) is 0 Å². The summed E-state index contributed by atoms with van der Waals surface area (Å²) in [6.45, 7) is 1.91. The van der Waals surface area contributed by atoms with Crippen LogP contribution >= 0.6 is 0 Å². The molecule has 5 heteroatoms. The summed E-state index contributed by atoms with van der Waals surface area (Å²) in [7, 11) is 0. The van der Waals surface area contributed by atoms with E-state index in [2.05, 4.69) is 0 Å². The zero-order chi connectivity index (χ0) is 12.8. The third-order valence-corrected chi connectivity index (χ3v) is 2.34. The summed E-state index contributed by atoms with van der Waals surface area (Å²) in [5, 5.41) is 27.9. The van der Waals surface area contributed by atoms with Gasteiger partial charge in [-0.25, -0.2) is 4.39 Å². The van der Waals surface area contributed by atoms with E-state index < -0.39 is 18.0 Å². The number of hydrogen-bond donors (Lipinski definition) is 3. The molecule has 3 N–H and O–H groups in total.